The van der Waals surface area contributed by atoms with E-state index in [9.17, 15) is 9.59 Å². The van der Waals surface area contributed by atoms with Crippen LogP contribution in [-0.4, -0.2) is 47.5 Å². The molecule has 2 amide bonds. The first-order valence-electron chi connectivity index (χ1n) is 8.42. The lowest BCUT2D eigenvalue weighted by Gasteiger charge is -2.33. The van der Waals surface area contributed by atoms with Gasteiger partial charge in [-0.3, -0.25) is 9.59 Å². The minimum absolute atomic E-state index is 0.0286. The number of carbonyl (C=O) groups excluding carboxylic acids is 2. The predicted octanol–water partition coefficient (Wildman–Crippen LogP) is 1.01. The molecule has 1 unspecified atom stereocenters. The molecule has 3 rings (SSSR count). The summed E-state index contributed by atoms with van der Waals surface area (Å²) in [5.41, 5.74) is 5.78. The number of piperidine rings is 1. The van der Waals surface area contributed by atoms with E-state index in [-0.39, 0.29) is 17.9 Å². The van der Waals surface area contributed by atoms with Crippen LogP contribution in [0.5, 0.6) is 0 Å². The molecule has 2 fully saturated rings. The van der Waals surface area contributed by atoms with Gasteiger partial charge in [-0.2, -0.15) is 0 Å². The molecular weight excluding hydrogens is 296 g/mol. The highest BCUT2D eigenvalue weighted by Gasteiger charge is 2.30. The Morgan fingerprint density at radius 2 is 2.22 bits per heavy atom. The molecule has 3 N–H and O–H groups in total. The SMILES string of the molecule is NCCCC(=O)N1CCCC(NC(=O)c2cc(C3CC3)on2)C1. The predicted molar refractivity (Wildman–Crippen MR) is 83.8 cm³/mol. The maximum atomic E-state index is 12.3. The van der Waals surface area contributed by atoms with Crippen molar-refractivity contribution in [3.05, 3.63) is 17.5 Å². The molecule has 1 saturated heterocycles. The number of hydrogen-bond acceptors (Lipinski definition) is 5. The molecule has 0 bridgehead atoms. The Morgan fingerprint density at radius 3 is 2.96 bits per heavy atom. The van der Waals surface area contributed by atoms with E-state index >= 15 is 0 Å². The van der Waals surface area contributed by atoms with Crippen molar-refractivity contribution < 1.29 is 14.1 Å². The summed E-state index contributed by atoms with van der Waals surface area (Å²) in [5, 5.41) is 6.82. The Bertz CT molecular complexity index is 567. The van der Waals surface area contributed by atoms with E-state index in [1.807, 2.05) is 4.90 Å². The van der Waals surface area contributed by atoms with Crippen molar-refractivity contribution in [2.45, 2.75) is 50.5 Å². The van der Waals surface area contributed by atoms with Crippen LogP contribution in [-0.2, 0) is 4.79 Å². The summed E-state index contributed by atoms with van der Waals surface area (Å²) in [5.74, 6) is 1.14. The van der Waals surface area contributed by atoms with Crippen LogP contribution in [0.15, 0.2) is 10.6 Å². The molecule has 1 aromatic rings. The second-order valence-electron chi connectivity index (χ2n) is 6.43. The van der Waals surface area contributed by atoms with Crippen LogP contribution in [0.2, 0.25) is 0 Å². The number of rotatable bonds is 6. The molecule has 1 aliphatic carbocycles. The number of nitrogens with one attached hydrogen (secondary N) is 1. The van der Waals surface area contributed by atoms with Crippen LogP contribution in [0.3, 0.4) is 0 Å². The molecule has 1 saturated carbocycles. The van der Waals surface area contributed by atoms with Crippen molar-refractivity contribution in [3.8, 4) is 0 Å². The van der Waals surface area contributed by atoms with Gasteiger partial charge in [0.05, 0.1) is 0 Å². The molecule has 7 nitrogen and oxygen atoms in total. The Hall–Kier alpha value is -1.89. The monoisotopic (exact) mass is 320 g/mol. The first-order valence-corrected chi connectivity index (χ1v) is 8.42. The summed E-state index contributed by atoms with van der Waals surface area (Å²) >= 11 is 0. The van der Waals surface area contributed by atoms with Gasteiger partial charge in [0.2, 0.25) is 5.91 Å². The topological polar surface area (TPSA) is 101 Å². The summed E-state index contributed by atoms with van der Waals surface area (Å²) in [6.45, 7) is 1.84. The average Bonchev–Trinajstić information content (AvgIpc) is 3.29. The van der Waals surface area contributed by atoms with Crippen LogP contribution in [0.1, 0.15) is 60.7 Å². The van der Waals surface area contributed by atoms with E-state index in [0.717, 1.165) is 38.0 Å². The fraction of sp³-hybridized carbons (Fsp3) is 0.688. The quantitative estimate of drug-likeness (QED) is 0.814. The third kappa shape index (κ3) is 4.10. The number of nitrogens with zero attached hydrogens (tertiary/aromatic N) is 2. The number of aromatic nitrogens is 1. The van der Waals surface area contributed by atoms with Gasteiger partial charge in [-0.25, -0.2) is 0 Å². The third-order valence-corrected chi connectivity index (χ3v) is 4.44. The smallest absolute Gasteiger partial charge is 0.273 e. The molecule has 2 aliphatic rings. The van der Waals surface area contributed by atoms with Gasteiger partial charge in [-0.15, -0.1) is 0 Å². The Morgan fingerprint density at radius 1 is 1.39 bits per heavy atom. The Balaban J connectivity index is 1.52. The van der Waals surface area contributed by atoms with Gasteiger partial charge in [-0.1, -0.05) is 5.16 Å². The first kappa shape index (κ1) is 16.0. The number of hydrogen-bond donors (Lipinski definition) is 2. The Kier molecular flexibility index (Phi) is 4.95. The van der Waals surface area contributed by atoms with Crippen molar-refractivity contribution in [3.63, 3.8) is 0 Å². The minimum atomic E-state index is -0.220. The Labute approximate surface area is 135 Å². The van der Waals surface area contributed by atoms with Gasteiger partial charge in [0.1, 0.15) is 5.76 Å². The van der Waals surface area contributed by atoms with E-state index in [1.165, 1.54) is 0 Å². The van der Waals surface area contributed by atoms with Crippen LogP contribution >= 0.6 is 0 Å². The first-order chi connectivity index (χ1) is 11.2. The van der Waals surface area contributed by atoms with Gasteiger partial charge in [0.15, 0.2) is 5.69 Å². The molecule has 0 aromatic carbocycles. The van der Waals surface area contributed by atoms with Crippen molar-refractivity contribution in [1.29, 1.82) is 0 Å². The van der Waals surface area contributed by atoms with Crippen molar-refractivity contribution in [2.75, 3.05) is 19.6 Å². The number of amides is 2. The van der Waals surface area contributed by atoms with Crippen LogP contribution in [0.25, 0.3) is 0 Å². The molecule has 1 atom stereocenters. The van der Waals surface area contributed by atoms with Gasteiger partial charge >= 0.3 is 0 Å². The van der Waals surface area contributed by atoms with Crippen LogP contribution in [0.4, 0.5) is 0 Å². The number of carbonyl (C=O) groups is 2. The molecule has 2 heterocycles. The van der Waals surface area contributed by atoms with Crippen LogP contribution in [0, 0.1) is 0 Å². The zero-order valence-corrected chi connectivity index (χ0v) is 13.3. The molecule has 23 heavy (non-hydrogen) atoms. The fourth-order valence-corrected chi connectivity index (χ4v) is 2.95. The summed E-state index contributed by atoms with van der Waals surface area (Å²) < 4.78 is 5.22. The largest absolute Gasteiger partial charge is 0.360 e. The molecule has 1 aromatic heterocycles. The molecule has 7 heteroatoms. The lowest BCUT2D eigenvalue weighted by atomic mass is 10.0. The number of likely N-dealkylation sites (tertiary alicyclic amines) is 1. The maximum absolute atomic E-state index is 12.3. The highest BCUT2D eigenvalue weighted by molar-refractivity contribution is 5.92. The fourth-order valence-electron chi connectivity index (χ4n) is 2.95. The minimum Gasteiger partial charge on any atom is -0.360 e. The second-order valence-corrected chi connectivity index (χ2v) is 6.43. The summed E-state index contributed by atoms with van der Waals surface area (Å²) in [7, 11) is 0. The molecular formula is C16H24N4O3. The van der Waals surface area contributed by atoms with E-state index < -0.39 is 0 Å². The number of nitrogens with two attached hydrogens (primary N) is 1. The molecule has 126 valence electrons. The van der Waals surface area contributed by atoms with Crippen molar-refractivity contribution in [1.82, 2.24) is 15.4 Å². The summed E-state index contributed by atoms with van der Waals surface area (Å²) in [6, 6.07) is 1.71. The third-order valence-electron chi connectivity index (χ3n) is 4.44. The lowest BCUT2D eigenvalue weighted by Crippen LogP contribution is -2.49. The van der Waals surface area contributed by atoms with Gasteiger partial charge in [0.25, 0.3) is 5.91 Å². The standard InChI is InChI=1S/C16H24N4O3/c17-7-1-4-15(21)20-8-2-3-12(10-20)18-16(22)13-9-14(23-19-13)11-5-6-11/h9,11-12H,1-8,10,17H2,(H,18,22). The molecule has 1 aliphatic heterocycles. The van der Waals surface area contributed by atoms with Gasteiger partial charge < -0.3 is 20.5 Å². The lowest BCUT2D eigenvalue weighted by molar-refractivity contribution is -0.132. The van der Waals surface area contributed by atoms with Crippen molar-refractivity contribution in [2.24, 2.45) is 5.73 Å². The molecule has 0 radical (unpaired) electrons. The van der Waals surface area contributed by atoms with Crippen LogP contribution < -0.4 is 11.1 Å². The van der Waals surface area contributed by atoms with Gasteiger partial charge in [-0.05, 0) is 38.6 Å². The van der Waals surface area contributed by atoms with Crippen molar-refractivity contribution >= 4 is 11.8 Å². The zero-order valence-electron chi connectivity index (χ0n) is 13.3. The average molecular weight is 320 g/mol. The second kappa shape index (κ2) is 7.12. The summed E-state index contributed by atoms with van der Waals surface area (Å²) in [4.78, 5) is 26.2. The zero-order chi connectivity index (χ0) is 16.2. The summed E-state index contributed by atoms with van der Waals surface area (Å²) in [6.07, 6.45) is 5.17. The van der Waals surface area contributed by atoms with E-state index in [1.54, 1.807) is 6.07 Å². The van der Waals surface area contributed by atoms with E-state index in [0.29, 0.717) is 37.5 Å². The highest BCUT2D eigenvalue weighted by atomic mass is 16.5. The normalized spacial score (nSPS) is 21.3. The van der Waals surface area contributed by atoms with E-state index in [4.69, 9.17) is 10.3 Å². The van der Waals surface area contributed by atoms with E-state index in [2.05, 4.69) is 10.5 Å². The van der Waals surface area contributed by atoms with Gasteiger partial charge in [0, 0.05) is 37.5 Å². The maximum Gasteiger partial charge on any atom is 0.273 e. The highest BCUT2D eigenvalue weighted by Crippen LogP contribution is 2.40. The molecule has 0 spiro atoms.